The average molecular weight is 408 g/mol. The summed E-state index contributed by atoms with van der Waals surface area (Å²) in [6.07, 6.45) is 6.28. The number of non-ortho nitro benzene ring substituents is 1. The molecule has 1 saturated carbocycles. The van der Waals surface area contributed by atoms with E-state index < -0.39 is 5.60 Å². The topological polar surface area (TPSA) is 79.0 Å². The Balaban J connectivity index is 0.000000500. The van der Waals surface area contributed by atoms with Crippen LogP contribution in [-0.4, -0.2) is 43.5 Å². The summed E-state index contributed by atoms with van der Waals surface area (Å²) in [7, 11) is 0. The molecular formula is C21H33N3O3S. The van der Waals surface area contributed by atoms with E-state index in [9.17, 15) is 10.1 Å². The van der Waals surface area contributed by atoms with Gasteiger partial charge < -0.3 is 10.0 Å². The molecule has 1 aliphatic heterocycles. The number of benzene rings is 1. The van der Waals surface area contributed by atoms with E-state index in [4.69, 9.17) is 10.1 Å². The number of nitro benzene ring substituents is 1. The van der Waals surface area contributed by atoms with E-state index in [2.05, 4.69) is 11.8 Å². The Morgan fingerprint density at radius 2 is 1.93 bits per heavy atom. The molecule has 1 saturated heterocycles. The van der Waals surface area contributed by atoms with E-state index >= 15 is 0 Å². The predicted molar refractivity (Wildman–Crippen MR) is 118 cm³/mol. The number of hydrogen-bond donors (Lipinski definition) is 1. The molecule has 1 N–H and O–H groups in total. The van der Waals surface area contributed by atoms with Gasteiger partial charge in [0.2, 0.25) is 0 Å². The SMILES string of the molecule is CC(C)(C)O.CCC1CSC(=Nc2ccc([N+](=O)[O-])cc2C)N1C1CCCC1. The molecule has 2 fully saturated rings. The quantitative estimate of drug-likeness (QED) is 0.531. The average Bonchev–Trinajstić information content (AvgIpc) is 3.23. The van der Waals surface area contributed by atoms with Crippen molar-refractivity contribution in [1.82, 2.24) is 4.90 Å². The van der Waals surface area contributed by atoms with E-state index in [1.165, 1.54) is 25.7 Å². The second kappa shape index (κ2) is 9.74. The normalized spacial score (nSPS) is 21.7. The summed E-state index contributed by atoms with van der Waals surface area (Å²) in [6.45, 7) is 9.36. The van der Waals surface area contributed by atoms with Crippen LogP contribution in [0.5, 0.6) is 0 Å². The second-order valence-corrected chi connectivity index (χ2v) is 9.50. The van der Waals surface area contributed by atoms with Crippen LogP contribution in [-0.2, 0) is 0 Å². The maximum atomic E-state index is 10.9. The van der Waals surface area contributed by atoms with E-state index in [1.807, 2.05) is 18.7 Å². The summed E-state index contributed by atoms with van der Waals surface area (Å²) in [6, 6.07) is 6.11. The minimum Gasteiger partial charge on any atom is -0.391 e. The first-order valence-electron chi connectivity index (χ1n) is 10.1. The van der Waals surface area contributed by atoms with Gasteiger partial charge in [0.15, 0.2) is 5.17 Å². The lowest BCUT2D eigenvalue weighted by molar-refractivity contribution is -0.384. The zero-order valence-corrected chi connectivity index (χ0v) is 18.5. The number of nitrogens with zero attached hydrogens (tertiary/aromatic N) is 3. The number of thioether (sulfide) groups is 1. The molecule has 0 aromatic heterocycles. The third kappa shape index (κ3) is 6.48. The maximum absolute atomic E-state index is 10.9. The first-order valence-corrected chi connectivity index (χ1v) is 11.1. The summed E-state index contributed by atoms with van der Waals surface area (Å²) >= 11 is 1.83. The Morgan fingerprint density at radius 1 is 1.32 bits per heavy atom. The molecule has 0 amide bonds. The van der Waals surface area contributed by atoms with Crippen molar-refractivity contribution in [2.24, 2.45) is 4.99 Å². The van der Waals surface area contributed by atoms with Gasteiger partial charge in [0.1, 0.15) is 0 Å². The third-order valence-electron chi connectivity index (χ3n) is 4.82. The molecule has 1 unspecified atom stereocenters. The van der Waals surface area contributed by atoms with Crippen molar-refractivity contribution in [3.05, 3.63) is 33.9 Å². The van der Waals surface area contributed by atoms with E-state index in [1.54, 1.807) is 39.0 Å². The molecule has 0 bridgehead atoms. The van der Waals surface area contributed by atoms with E-state index in [0.29, 0.717) is 12.1 Å². The van der Waals surface area contributed by atoms with Crippen molar-refractivity contribution >= 4 is 28.3 Å². The van der Waals surface area contributed by atoms with Gasteiger partial charge in [-0.1, -0.05) is 31.5 Å². The Kier molecular flexibility index (Phi) is 7.89. The van der Waals surface area contributed by atoms with Crippen molar-refractivity contribution in [3.8, 4) is 0 Å². The Hall–Kier alpha value is -1.60. The van der Waals surface area contributed by atoms with Gasteiger partial charge in [0.05, 0.1) is 16.2 Å². The van der Waals surface area contributed by atoms with Gasteiger partial charge in [-0.2, -0.15) is 0 Å². The molecule has 1 aliphatic carbocycles. The fourth-order valence-electron chi connectivity index (χ4n) is 3.50. The van der Waals surface area contributed by atoms with Crippen LogP contribution in [0.3, 0.4) is 0 Å². The van der Waals surface area contributed by atoms with Crippen LogP contribution in [0.2, 0.25) is 0 Å². The smallest absolute Gasteiger partial charge is 0.269 e. The molecule has 1 aromatic carbocycles. The molecule has 28 heavy (non-hydrogen) atoms. The minimum absolute atomic E-state index is 0.129. The fourth-order valence-corrected chi connectivity index (χ4v) is 4.85. The second-order valence-electron chi connectivity index (χ2n) is 8.51. The number of aryl methyl sites for hydroxylation is 1. The van der Waals surface area contributed by atoms with Gasteiger partial charge >= 0.3 is 0 Å². The molecule has 3 rings (SSSR count). The van der Waals surface area contributed by atoms with Gasteiger partial charge in [-0.15, -0.1) is 0 Å². The van der Waals surface area contributed by atoms with Gasteiger partial charge in [0.25, 0.3) is 5.69 Å². The summed E-state index contributed by atoms with van der Waals surface area (Å²) in [5.41, 5.74) is 1.33. The zero-order chi connectivity index (χ0) is 20.9. The highest BCUT2D eigenvalue weighted by atomic mass is 32.2. The molecule has 0 radical (unpaired) electrons. The molecule has 1 heterocycles. The van der Waals surface area contributed by atoms with Crippen LogP contribution in [0.1, 0.15) is 65.4 Å². The first kappa shape index (κ1) is 22.7. The van der Waals surface area contributed by atoms with Crippen LogP contribution >= 0.6 is 11.8 Å². The van der Waals surface area contributed by atoms with Crippen LogP contribution in [0.4, 0.5) is 11.4 Å². The highest BCUT2D eigenvalue weighted by molar-refractivity contribution is 8.14. The fraction of sp³-hybridized carbons (Fsp3) is 0.667. The van der Waals surface area contributed by atoms with Crippen LogP contribution < -0.4 is 0 Å². The van der Waals surface area contributed by atoms with Crippen LogP contribution in [0.25, 0.3) is 0 Å². The number of amidine groups is 1. The van der Waals surface area contributed by atoms with Crippen LogP contribution in [0.15, 0.2) is 23.2 Å². The van der Waals surface area contributed by atoms with Gasteiger partial charge in [-0.25, -0.2) is 4.99 Å². The number of nitro groups is 1. The molecule has 156 valence electrons. The molecule has 0 spiro atoms. The maximum Gasteiger partial charge on any atom is 0.269 e. The Labute approximate surface area is 172 Å². The largest absolute Gasteiger partial charge is 0.391 e. The number of rotatable bonds is 4. The molecule has 1 atom stereocenters. The van der Waals surface area contributed by atoms with Crippen molar-refractivity contribution in [1.29, 1.82) is 0 Å². The third-order valence-corrected chi connectivity index (χ3v) is 5.93. The van der Waals surface area contributed by atoms with Crippen molar-refractivity contribution in [2.45, 2.75) is 84.4 Å². The lowest BCUT2D eigenvalue weighted by atomic mass is 10.1. The molecule has 6 nitrogen and oxygen atoms in total. The predicted octanol–water partition coefficient (Wildman–Crippen LogP) is 5.44. The molecular weight excluding hydrogens is 374 g/mol. The van der Waals surface area contributed by atoms with Crippen molar-refractivity contribution < 1.29 is 10.0 Å². The van der Waals surface area contributed by atoms with Crippen molar-refractivity contribution in [3.63, 3.8) is 0 Å². The first-order chi connectivity index (χ1) is 13.1. The Bertz CT molecular complexity index is 703. The minimum atomic E-state index is -0.500. The van der Waals surface area contributed by atoms with Crippen LogP contribution in [0, 0.1) is 17.0 Å². The zero-order valence-electron chi connectivity index (χ0n) is 17.6. The summed E-state index contributed by atoms with van der Waals surface area (Å²) in [5, 5.41) is 20.5. The molecule has 1 aromatic rings. The van der Waals surface area contributed by atoms with Crippen molar-refractivity contribution in [2.75, 3.05) is 5.75 Å². The molecule has 7 heteroatoms. The number of hydrogen-bond acceptors (Lipinski definition) is 5. The van der Waals surface area contributed by atoms with Gasteiger partial charge in [0, 0.05) is 30.0 Å². The van der Waals surface area contributed by atoms with E-state index in [-0.39, 0.29) is 10.6 Å². The standard InChI is InChI=1S/C17H23N3O2S.C4H10O/c1-3-13-11-23-17(19(13)14-6-4-5-7-14)18-16-9-8-15(20(21)22)10-12(16)2;1-4(2,3)5/h8-10,13-14H,3-7,11H2,1-2H3;5H,1-3H3. The summed E-state index contributed by atoms with van der Waals surface area (Å²) in [4.78, 5) is 17.9. The number of aliphatic imine (C=N–C) groups is 1. The Morgan fingerprint density at radius 3 is 2.43 bits per heavy atom. The lowest BCUT2D eigenvalue weighted by Gasteiger charge is -2.31. The summed E-state index contributed by atoms with van der Waals surface area (Å²) in [5.74, 6) is 1.10. The van der Waals surface area contributed by atoms with Gasteiger partial charge in [-0.05, 0) is 58.6 Å². The lowest BCUT2D eigenvalue weighted by Crippen LogP contribution is -2.40. The monoisotopic (exact) mass is 407 g/mol. The highest BCUT2D eigenvalue weighted by Gasteiger charge is 2.35. The van der Waals surface area contributed by atoms with E-state index in [0.717, 1.165) is 28.6 Å². The van der Waals surface area contributed by atoms with Gasteiger partial charge in [-0.3, -0.25) is 10.1 Å². The molecule has 2 aliphatic rings. The summed E-state index contributed by atoms with van der Waals surface area (Å²) < 4.78 is 0. The number of aliphatic hydroxyl groups is 1. The highest BCUT2D eigenvalue weighted by Crippen LogP contribution is 2.36.